The summed E-state index contributed by atoms with van der Waals surface area (Å²) in [5.41, 5.74) is 2.95. The minimum absolute atomic E-state index is 0.0549. The number of aryl methyl sites for hydroxylation is 1. The summed E-state index contributed by atoms with van der Waals surface area (Å²) in [6.07, 6.45) is 3.57. The third-order valence-corrected chi connectivity index (χ3v) is 5.60. The van der Waals surface area contributed by atoms with Crippen LogP contribution in [0.5, 0.6) is 0 Å². The Bertz CT molecular complexity index is 394. The van der Waals surface area contributed by atoms with Gasteiger partial charge in [0.2, 0.25) is 0 Å². The average molecular weight is 248 g/mol. The van der Waals surface area contributed by atoms with Gasteiger partial charge in [0.15, 0.2) is 0 Å². The van der Waals surface area contributed by atoms with Crippen LogP contribution in [0.25, 0.3) is 0 Å². The molecule has 0 heterocycles. The number of aliphatic hydroxyl groups is 1. The summed E-state index contributed by atoms with van der Waals surface area (Å²) in [6.45, 7) is 7.53. The third kappa shape index (κ3) is 2.63. The molecule has 1 nitrogen and oxygen atoms in total. The Hall–Kier alpha value is -0.603. The van der Waals surface area contributed by atoms with Crippen molar-refractivity contribution in [2.45, 2.75) is 50.4 Å². The molecule has 2 heteroatoms. The fourth-order valence-corrected chi connectivity index (χ4v) is 5.94. The maximum atomic E-state index is 9.97. The highest BCUT2D eigenvalue weighted by Gasteiger charge is 2.39. The number of aliphatic hydroxyl groups excluding tert-OH is 1. The zero-order valence-corrected chi connectivity index (χ0v) is 12.3. The minimum Gasteiger partial charge on any atom is -0.395 e. The second-order valence-electron chi connectivity index (χ2n) is 6.69. The fraction of sp³-hybridized carbons (Fsp3) is 0.600. The lowest BCUT2D eigenvalue weighted by Crippen LogP contribution is -2.41. The van der Waals surface area contributed by atoms with Crippen LogP contribution in [0.15, 0.2) is 24.3 Å². The molecule has 0 saturated heterocycles. The number of rotatable bonds is 3. The van der Waals surface area contributed by atoms with E-state index in [4.69, 9.17) is 0 Å². The molecule has 2 rings (SSSR count). The van der Waals surface area contributed by atoms with Crippen LogP contribution in [0.1, 0.15) is 24.0 Å². The molecule has 1 aromatic rings. The Kier molecular flexibility index (Phi) is 3.46. The molecule has 0 amide bonds. The van der Waals surface area contributed by atoms with Crippen molar-refractivity contribution in [2.75, 3.05) is 6.61 Å². The van der Waals surface area contributed by atoms with Gasteiger partial charge < -0.3 is 5.11 Å². The summed E-state index contributed by atoms with van der Waals surface area (Å²) >= 11 is 0. The van der Waals surface area contributed by atoms with Crippen LogP contribution in [0.4, 0.5) is 0 Å². The van der Waals surface area contributed by atoms with Crippen molar-refractivity contribution in [3.63, 3.8) is 0 Å². The first kappa shape index (κ1) is 12.8. The molecule has 1 unspecified atom stereocenters. The molecule has 1 N–H and O–H groups in total. The van der Waals surface area contributed by atoms with Gasteiger partial charge in [-0.2, -0.15) is 0 Å². The number of benzene rings is 1. The van der Waals surface area contributed by atoms with Crippen LogP contribution in [0, 0.1) is 0 Å². The van der Waals surface area contributed by atoms with Gasteiger partial charge >= 0.3 is 0 Å². The topological polar surface area (TPSA) is 20.2 Å². The maximum Gasteiger partial charge on any atom is 0.0525 e. The van der Waals surface area contributed by atoms with Crippen molar-refractivity contribution >= 4 is 8.07 Å². The monoisotopic (exact) mass is 248 g/mol. The molecule has 1 aliphatic rings. The molecule has 1 aromatic carbocycles. The van der Waals surface area contributed by atoms with Gasteiger partial charge in [0.25, 0.3) is 0 Å². The highest BCUT2D eigenvalue weighted by atomic mass is 28.3. The van der Waals surface area contributed by atoms with Crippen molar-refractivity contribution in [3.05, 3.63) is 35.4 Å². The first-order valence-electron chi connectivity index (χ1n) is 6.66. The lowest BCUT2D eigenvalue weighted by molar-refractivity contribution is 0.187. The highest BCUT2D eigenvalue weighted by molar-refractivity contribution is 6.76. The molecule has 1 aliphatic carbocycles. The van der Waals surface area contributed by atoms with Crippen molar-refractivity contribution in [1.82, 2.24) is 0 Å². The average Bonchev–Trinajstić information content (AvgIpc) is 2.27. The van der Waals surface area contributed by atoms with Gasteiger partial charge in [-0.15, -0.1) is 0 Å². The quantitative estimate of drug-likeness (QED) is 0.811. The highest BCUT2D eigenvalue weighted by Crippen LogP contribution is 2.42. The summed E-state index contributed by atoms with van der Waals surface area (Å²) in [4.78, 5) is 0. The normalized spacial score (nSPS) is 24.5. The second-order valence-corrected chi connectivity index (χ2v) is 12.2. The predicted molar refractivity (Wildman–Crippen MR) is 76.3 cm³/mol. The second kappa shape index (κ2) is 4.58. The van der Waals surface area contributed by atoms with Gasteiger partial charge in [0.1, 0.15) is 0 Å². The Morgan fingerprint density at radius 1 is 1.24 bits per heavy atom. The Morgan fingerprint density at radius 2 is 1.94 bits per heavy atom. The van der Waals surface area contributed by atoms with E-state index in [1.807, 2.05) is 0 Å². The lowest BCUT2D eigenvalue weighted by atomic mass is 9.71. The molecule has 94 valence electrons. The van der Waals surface area contributed by atoms with Crippen LogP contribution in [-0.2, 0) is 11.8 Å². The molecule has 0 aliphatic heterocycles. The SMILES string of the molecule is C[Si](C)(C)CC1(CO)CCCc2ccccc21. The molecule has 0 fully saturated rings. The molecule has 1 atom stereocenters. The number of hydrogen-bond donors (Lipinski definition) is 1. The largest absolute Gasteiger partial charge is 0.395 e. The Balaban J connectivity index is 2.42. The van der Waals surface area contributed by atoms with Gasteiger partial charge in [-0.1, -0.05) is 43.9 Å². The van der Waals surface area contributed by atoms with Crippen LogP contribution >= 0.6 is 0 Å². The molecular weight excluding hydrogens is 224 g/mol. The van der Waals surface area contributed by atoms with E-state index in [2.05, 4.69) is 43.9 Å². The van der Waals surface area contributed by atoms with E-state index in [1.54, 1.807) is 0 Å². The molecule has 0 bridgehead atoms. The molecule has 0 aromatic heterocycles. The summed E-state index contributed by atoms with van der Waals surface area (Å²) in [5.74, 6) is 0. The predicted octanol–water partition coefficient (Wildman–Crippen LogP) is 3.59. The van der Waals surface area contributed by atoms with Gasteiger partial charge in [-0.3, -0.25) is 0 Å². The molecular formula is C15H24OSi. The van der Waals surface area contributed by atoms with Gasteiger partial charge in [0.05, 0.1) is 6.61 Å². The third-order valence-electron chi connectivity index (χ3n) is 3.86. The summed E-state index contributed by atoms with van der Waals surface area (Å²) in [7, 11) is -1.17. The van der Waals surface area contributed by atoms with E-state index >= 15 is 0 Å². The summed E-state index contributed by atoms with van der Waals surface area (Å²) in [6, 6.07) is 9.93. The Morgan fingerprint density at radius 3 is 2.59 bits per heavy atom. The molecule has 0 saturated carbocycles. The standard InChI is InChI=1S/C15H24OSi/c1-17(2,3)12-15(11-16)10-6-8-13-7-4-5-9-14(13)15/h4-5,7,9,16H,6,8,10-12H2,1-3H3. The van der Waals surface area contributed by atoms with Crippen molar-refractivity contribution in [3.8, 4) is 0 Å². The van der Waals surface area contributed by atoms with Crippen LogP contribution in [-0.4, -0.2) is 19.8 Å². The van der Waals surface area contributed by atoms with E-state index < -0.39 is 8.07 Å². The zero-order chi connectivity index (χ0) is 12.5. The molecule has 0 spiro atoms. The van der Waals surface area contributed by atoms with Crippen LogP contribution in [0.3, 0.4) is 0 Å². The molecule has 0 radical (unpaired) electrons. The van der Waals surface area contributed by atoms with Gasteiger partial charge in [0, 0.05) is 13.5 Å². The first-order valence-corrected chi connectivity index (χ1v) is 10.4. The lowest BCUT2D eigenvalue weighted by Gasteiger charge is -2.41. The summed E-state index contributed by atoms with van der Waals surface area (Å²) < 4.78 is 0. The van der Waals surface area contributed by atoms with E-state index in [9.17, 15) is 5.11 Å². The number of fused-ring (bicyclic) bond motifs is 1. The van der Waals surface area contributed by atoms with Crippen LogP contribution < -0.4 is 0 Å². The summed E-state index contributed by atoms with van der Waals surface area (Å²) in [5, 5.41) is 9.97. The fourth-order valence-electron chi connectivity index (χ4n) is 3.43. The van der Waals surface area contributed by atoms with Crippen molar-refractivity contribution in [1.29, 1.82) is 0 Å². The van der Waals surface area contributed by atoms with Crippen molar-refractivity contribution in [2.24, 2.45) is 0 Å². The van der Waals surface area contributed by atoms with E-state index in [0.717, 1.165) is 6.42 Å². The minimum atomic E-state index is -1.17. The van der Waals surface area contributed by atoms with E-state index in [-0.39, 0.29) is 5.41 Å². The first-order chi connectivity index (χ1) is 7.97. The van der Waals surface area contributed by atoms with Gasteiger partial charge in [-0.25, -0.2) is 0 Å². The van der Waals surface area contributed by atoms with Crippen molar-refractivity contribution < 1.29 is 5.11 Å². The maximum absolute atomic E-state index is 9.97. The Labute approximate surface area is 106 Å². The molecule has 17 heavy (non-hydrogen) atoms. The van der Waals surface area contributed by atoms with E-state index in [0.29, 0.717) is 6.61 Å². The number of hydrogen-bond acceptors (Lipinski definition) is 1. The zero-order valence-electron chi connectivity index (χ0n) is 11.3. The smallest absolute Gasteiger partial charge is 0.0525 e. The van der Waals surface area contributed by atoms with Gasteiger partial charge in [-0.05, 0) is 36.4 Å². The van der Waals surface area contributed by atoms with E-state index in [1.165, 1.54) is 30.0 Å². The van der Waals surface area contributed by atoms with Crippen LogP contribution in [0.2, 0.25) is 25.7 Å².